The molecular weight excluding hydrogens is 294 g/mol. The molecule has 1 amide bonds. The molecule has 0 bridgehead atoms. The number of carbonyl (C=O) groups is 1. The molecule has 4 N–H and O–H groups in total. The van der Waals surface area contributed by atoms with Crippen LogP contribution in [0.3, 0.4) is 0 Å². The van der Waals surface area contributed by atoms with Crippen LogP contribution in [0.4, 0.5) is 5.69 Å². The van der Waals surface area contributed by atoms with Crippen LogP contribution in [-0.4, -0.2) is 23.9 Å². The van der Waals surface area contributed by atoms with E-state index in [9.17, 15) is 4.79 Å². The lowest BCUT2D eigenvalue weighted by atomic mass is 9.96. The van der Waals surface area contributed by atoms with Gasteiger partial charge in [0.25, 0.3) is 0 Å². The van der Waals surface area contributed by atoms with Crippen molar-refractivity contribution >= 4 is 27.5 Å². The van der Waals surface area contributed by atoms with Crippen LogP contribution in [0.15, 0.2) is 22.7 Å². The van der Waals surface area contributed by atoms with Crippen LogP contribution in [0.2, 0.25) is 0 Å². The minimum atomic E-state index is -0.164. The molecule has 1 aliphatic rings. The number of anilines is 1. The van der Waals surface area contributed by atoms with Gasteiger partial charge in [-0.05, 0) is 43.6 Å². The third-order valence-corrected chi connectivity index (χ3v) is 4.20. The minimum Gasteiger partial charge on any atom is -0.399 e. The average Bonchev–Trinajstić information content (AvgIpc) is 2.33. The number of piperidine rings is 1. The minimum absolute atomic E-state index is 0.0520. The molecule has 1 aromatic carbocycles. The van der Waals surface area contributed by atoms with E-state index in [1.165, 1.54) is 5.56 Å². The van der Waals surface area contributed by atoms with Gasteiger partial charge >= 0.3 is 0 Å². The quantitative estimate of drug-likeness (QED) is 0.835. The maximum Gasteiger partial charge on any atom is 0.220 e. The molecule has 0 atom stereocenters. The number of rotatable bonds is 3. The first-order valence-electron chi connectivity index (χ1n) is 6.12. The molecule has 4 nitrogen and oxygen atoms in total. The van der Waals surface area contributed by atoms with Crippen molar-refractivity contribution in [1.82, 2.24) is 4.90 Å². The summed E-state index contributed by atoms with van der Waals surface area (Å²) >= 11 is 3.53. The van der Waals surface area contributed by atoms with Gasteiger partial charge in [-0.15, -0.1) is 0 Å². The summed E-state index contributed by atoms with van der Waals surface area (Å²) in [5.41, 5.74) is 13.0. The zero-order valence-electron chi connectivity index (χ0n) is 10.2. The molecule has 98 valence electrons. The predicted molar refractivity (Wildman–Crippen MR) is 75.7 cm³/mol. The maximum atomic E-state index is 11.1. The van der Waals surface area contributed by atoms with Gasteiger partial charge in [0.05, 0.1) is 0 Å². The van der Waals surface area contributed by atoms with Gasteiger partial charge in [-0.3, -0.25) is 9.69 Å². The van der Waals surface area contributed by atoms with Crippen LogP contribution in [-0.2, 0) is 11.3 Å². The Kier molecular flexibility index (Phi) is 4.24. The maximum absolute atomic E-state index is 11.1. The SMILES string of the molecule is NC(=O)C1CCN(Cc2ccc(N)cc2Br)CC1. The molecule has 1 fully saturated rings. The Labute approximate surface area is 115 Å². The first kappa shape index (κ1) is 13.4. The molecule has 0 aromatic heterocycles. The van der Waals surface area contributed by atoms with Gasteiger partial charge in [0, 0.05) is 22.6 Å². The van der Waals surface area contributed by atoms with E-state index in [0.29, 0.717) is 0 Å². The molecule has 18 heavy (non-hydrogen) atoms. The van der Waals surface area contributed by atoms with Gasteiger partial charge in [0.2, 0.25) is 5.91 Å². The summed E-state index contributed by atoms with van der Waals surface area (Å²) in [6.45, 7) is 2.72. The third-order valence-electron chi connectivity index (χ3n) is 3.46. The summed E-state index contributed by atoms with van der Waals surface area (Å²) in [5.74, 6) is -0.112. The van der Waals surface area contributed by atoms with Crippen molar-refractivity contribution in [3.05, 3.63) is 28.2 Å². The molecule has 5 heteroatoms. The van der Waals surface area contributed by atoms with Crippen molar-refractivity contribution in [2.75, 3.05) is 18.8 Å². The number of nitrogens with two attached hydrogens (primary N) is 2. The summed E-state index contributed by atoms with van der Waals surface area (Å²) < 4.78 is 1.04. The van der Waals surface area contributed by atoms with Crippen LogP contribution in [0, 0.1) is 5.92 Å². The Balaban J connectivity index is 1.93. The summed E-state index contributed by atoms with van der Waals surface area (Å²) in [6.07, 6.45) is 1.73. The second-order valence-electron chi connectivity index (χ2n) is 4.80. The normalized spacial score (nSPS) is 17.8. The highest BCUT2D eigenvalue weighted by atomic mass is 79.9. The van der Waals surface area contributed by atoms with Crippen molar-refractivity contribution < 1.29 is 4.79 Å². The highest BCUT2D eigenvalue weighted by Crippen LogP contribution is 2.24. The predicted octanol–water partition coefficient (Wildman–Crippen LogP) is 1.73. The van der Waals surface area contributed by atoms with E-state index in [1.807, 2.05) is 18.2 Å². The largest absolute Gasteiger partial charge is 0.399 e. The Hall–Kier alpha value is -1.07. The van der Waals surface area contributed by atoms with Gasteiger partial charge < -0.3 is 11.5 Å². The molecule has 1 aromatic rings. The Morgan fingerprint density at radius 2 is 2.06 bits per heavy atom. The highest BCUT2D eigenvalue weighted by Gasteiger charge is 2.23. The van der Waals surface area contributed by atoms with Gasteiger partial charge in [-0.1, -0.05) is 22.0 Å². The van der Waals surface area contributed by atoms with Crippen LogP contribution >= 0.6 is 15.9 Å². The van der Waals surface area contributed by atoms with E-state index in [4.69, 9.17) is 11.5 Å². The molecule has 1 saturated heterocycles. The lowest BCUT2D eigenvalue weighted by Crippen LogP contribution is -2.38. The fraction of sp³-hybridized carbons (Fsp3) is 0.462. The van der Waals surface area contributed by atoms with Gasteiger partial charge in [0.1, 0.15) is 0 Å². The first-order valence-corrected chi connectivity index (χ1v) is 6.91. The van der Waals surface area contributed by atoms with Crippen molar-refractivity contribution in [1.29, 1.82) is 0 Å². The molecule has 0 unspecified atom stereocenters. The number of primary amides is 1. The summed E-state index contributed by atoms with van der Waals surface area (Å²) in [7, 11) is 0. The molecule has 0 saturated carbocycles. The second kappa shape index (κ2) is 5.71. The Morgan fingerprint density at radius 3 is 2.61 bits per heavy atom. The molecule has 0 spiro atoms. The van der Waals surface area contributed by atoms with E-state index in [-0.39, 0.29) is 11.8 Å². The molecule has 1 heterocycles. The molecule has 0 aliphatic carbocycles. The van der Waals surface area contributed by atoms with Crippen molar-refractivity contribution in [2.24, 2.45) is 11.7 Å². The third kappa shape index (κ3) is 3.23. The number of hydrogen-bond donors (Lipinski definition) is 2. The number of nitrogens with zero attached hydrogens (tertiary/aromatic N) is 1. The monoisotopic (exact) mass is 311 g/mol. The van der Waals surface area contributed by atoms with Crippen LogP contribution in [0.25, 0.3) is 0 Å². The molecular formula is C13H18BrN3O. The standard InChI is InChI=1S/C13H18BrN3O/c14-12-7-11(15)2-1-10(12)8-17-5-3-9(4-6-17)13(16)18/h1-2,7,9H,3-6,8,15H2,(H2,16,18). The lowest BCUT2D eigenvalue weighted by molar-refractivity contribution is -0.123. The number of amides is 1. The van der Waals surface area contributed by atoms with Gasteiger partial charge in [0.15, 0.2) is 0 Å². The zero-order valence-corrected chi connectivity index (χ0v) is 11.8. The van der Waals surface area contributed by atoms with Crippen LogP contribution in [0.5, 0.6) is 0 Å². The van der Waals surface area contributed by atoms with E-state index in [1.54, 1.807) is 0 Å². The zero-order chi connectivity index (χ0) is 13.1. The van der Waals surface area contributed by atoms with E-state index < -0.39 is 0 Å². The number of hydrogen-bond acceptors (Lipinski definition) is 3. The fourth-order valence-electron chi connectivity index (χ4n) is 2.31. The number of carbonyl (C=O) groups excluding carboxylic acids is 1. The van der Waals surface area contributed by atoms with Gasteiger partial charge in [-0.25, -0.2) is 0 Å². The smallest absolute Gasteiger partial charge is 0.220 e. The number of halogens is 1. The number of nitrogen functional groups attached to an aromatic ring is 1. The Bertz CT molecular complexity index is 442. The van der Waals surface area contributed by atoms with Crippen LogP contribution < -0.4 is 11.5 Å². The van der Waals surface area contributed by atoms with Crippen molar-refractivity contribution in [3.63, 3.8) is 0 Å². The number of likely N-dealkylation sites (tertiary alicyclic amines) is 1. The lowest BCUT2D eigenvalue weighted by Gasteiger charge is -2.30. The van der Waals surface area contributed by atoms with E-state index in [2.05, 4.69) is 20.8 Å². The van der Waals surface area contributed by atoms with Crippen molar-refractivity contribution in [2.45, 2.75) is 19.4 Å². The van der Waals surface area contributed by atoms with E-state index >= 15 is 0 Å². The van der Waals surface area contributed by atoms with Crippen molar-refractivity contribution in [3.8, 4) is 0 Å². The Morgan fingerprint density at radius 1 is 1.39 bits per heavy atom. The average molecular weight is 312 g/mol. The summed E-state index contributed by atoms with van der Waals surface area (Å²) in [4.78, 5) is 13.4. The summed E-state index contributed by atoms with van der Waals surface area (Å²) in [5, 5.41) is 0. The van der Waals surface area contributed by atoms with E-state index in [0.717, 1.165) is 42.6 Å². The summed E-state index contributed by atoms with van der Waals surface area (Å²) in [6, 6.07) is 5.88. The molecule has 2 rings (SSSR count). The van der Waals surface area contributed by atoms with Gasteiger partial charge in [-0.2, -0.15) is 0 Å². The first-order chi connectivity index (χ1) is 8.56. The number of benzene rings is 1. The fourth-order valence-corrected chi connectivity index (χ4v) is 2.83. The highest BCUT2D eigenvalue weighted by molar-refractivity contribution is 9.10. The molecule has 0 radical (unpaired) electrons. The second-order valence-corrected chi connectivity index (χ2v) is 5.66. The topological polar surface area (TPSA) is 72.4 Å². The molecule has 1 aliphatic heterocycles. The van der Waals surface area contributed by atoms with Crippen LogP contribution in [0.1, 0.15) is 18.4 Å².